The average Bonchev–Trinajstić information content (AvgIpc) is 3.37. The Morgan fingerprint density at radius 3 is 2.79 bits per heavy atom. The van der Waals surface area contributed by atoms with Crippen molar-refractivity contribution in [3.63, 3.8) is 0 Å². The zero-order valence-electron chi connectivity index (χ0n) is 15.5. The number of aliphatic carboxylic acids is 1. The van der Waals surface area contributed by atoms with Crippen LogP contribution in [0.4, 0.5) is 5.82 Å². The molecule has 3 aromatic heterocycles. The Morgan fingerprint density at radius 1 is 1.24 bits per heavy atom. The van der Waals surface area contributed by atoms with E-state index in [1.165, 1.54) is 0 Å². The molecule has 1 aliphatic carbocycles. The molecular weight excluding hydrogens is 436 g/mol. The average molecular weight is 455 g/mol. The first kappa shape index (κ1) is 18.1. The second-order valence-corrected chi connectivity index (χ2v) is 8.34. The van der Waals surface area contributed by atoms with Crippen LogP contribution in [-0.2, 0) is 4.79 Å². The molecule has 9 heteroatoms. The minimum absolute atomic E-state index is 0.173. The van der Waals surface area contributed by atoms with Gasteiger partial charge < -0.3 is 10.8 Å². The fourth-order valence-electron chi connectivity index (χ4n) is 4.21. The summed E-state index contributed by atoms with van der Waals surface area (Å²) in [6.45, 7) is 0. The molecule has 29 heavy (non-hydrogen) atoms. The summed E-state index contributed by atoms with van der Waals surface area (Å²) in [6, 6.07) is 6.04. The number of nitrogens with one attached hydrogen (secondary N) is 1. The normalized spacial score (nSPS) is 19.8. The lowest BCUT2D eigenvalue weighted by molar-refractivity contribution is -0.142. The first-order valence-corrected chi connectivity index (χ1v) is 10.3. The number of hydrogen-bond acceptors (Lipinski definition) is 5. The number of nitrogens with zero attached hydrogens (tertiary/aromatic N) is 4. The van der Waals surface area contributed by atoms with E-state index >= 15 is 0 Å². The van der Waals surface area contributed by atoms with Crippen LogP contribution in [0, 0.1) is 5.92 Å². The van der Waals surface area contributed by atoms with Gasteiger partial charge in [0.15, 0.2) is 5.65 Å². The van der Waals surface area contributed by atoms with Gasteiger partial charge in [-0.15, -0.1) is 0 Å². The highest BCUT2D eigenvalue weighted by atomic mass is 79.9. The number of hydrogen-bond donors (Lipinski definition) is 3. The lowest BCUT2D eigenvalue weighted by Crippen LogP contribution is -2.21. The van der Waals surface area contributed by atoms with Crippen LogP contribution in [0.25, 0.3) is 27.7 Å². The van der Waals surface area contributed by atoms with Crippen molar-refractivity contribution in [2.24, 2.45) is 5.92 Å². The predicted octanol–water partition coefficient (Wildman–Crippen LogP) is 3.98. The van der Waals surface area contributed by atoms with E-state index in [1.54, 1.807) is 16.9 Å². The summed E-state index contributed by atoms with van der Waals surface area (Å²) in [5.74, 6) is -0.302. The number of rotatable bonds is 3. The van der Waals surface area contributed by atoms with Gasteiger partial charge in [-0.2, -0.15) is 14.7 Å². The van der Waals surface area contributed by atoms with Crippen molar-refractivity contribution in [2.45, 2.75) is 31.6 Å². The molecule has 4 N–H and O–H groups in total. The molecule has 0 saturated heterocycles. The minimum atomic E-state index is -0.710. The van der Waals surface area contributed by atoms with E-state index in [2.05, 4.69) is 31.2 Å². The molecule has 1 aromatic carbocycles. The Balaban J connectivity index is 1.59. The Bertz CT molecular complexity index is 1240. The highest BCUT2D eigenvalue weighted by Gasteiger charge is 2.30. The van der Waals surface area contributed by atoms with Crippen molar-refractivity contribution in [1.29, 1.82) is 0 Å². The van der Waals surface area contributed by atoms with Gasteiger partial charge in [0.25, 0.3) is 0 Å². The number of benzene rings is 1. The summed E-state index contributed by atoms with van der Waals surface area (Å²) < 4.78 is 2.38. The van der Waals surface area contributed by atoms with Crippen LogP contribution >= 0.6 is 15.9 Å². The zero-order chi connectivity index (χ0) is 20.1. The van der Waals surface area contributed by atoms with E-state index in [9.17, 15) is 9.90 Å². The van der Waals surface area contributed by atoms with Crippen LogP contribution in [-0.4, -0.2) is 35.9 Å². The number of aromatic nitrogens is 5. The third-order valence-electron chi connectivity index (χ3n) is 5.86. The van der Waals surface area contributed by atoms with Gasteiger partial charge in [0.05, 0.1) is 34.0 Å². The van der Waals surface area contributed by atoms with Crippen molar-refractivity contribution < 1.29 is 9.90 Å². The third-order valence-corrected chi connectivity index (χ3v) is 6.67. The maximum atomic E-state index is 11.3. The second-order valence-electron chi connectivity index (χ2n) is 7.55. The van der Waals surface area contributed by atoms with Crippen LogP contribution in [0.5, 0.6) is 0 Å². The molecule has 0 spiro atoms. The smallest absolute Gasteiger partial charge is 0.306 e. The Labute approximate surface area is 174 Å². The van der Waals surface area contributed by atoms with Crippen molar-refractivity contribution in [2.75, 3.05) is 5.73 Å². The minimum Gasteiger partial charge on any atom is -0.481 e. The van der Waals surface area contributed by atoms with Gasteiger partial charge in [0, 0.05) is 16.9 Å². The summed E-state index contributed by atoms with van der Waals surface area (Å²) >= 11 is 3.60. The second kappa shape index (κ2) is 6.84. The van der Waals surface area contributed by atoms with Crippen LogP contribution < -0.4 is 5.73 Å². The Morgan fingerprint density at radius 2 is 2.03 bits per heavy atom. The van der Waals surface area contributed by atoms with Crippen LogP contribution in [0.15, 0.2) is 35.1 Å². The van der Waals surface area contributed by atoms with Crippen molar-refractivity contribution in [1.82, 2.24) is 24.8 Å². The first-order chi connectivity index (χ1) is 14.0. The fraction of sp³-hybridized carbons (Fsp3) is 0.300. The molecule has 148 valence electrons. The quantitative estimate of drug-likeness (QED) is 0.430. The number of nitrogen functional groups attached to an aromatic ring is 1. The number of aromatic amines is 1. The van der Waals surface area contributed by atoms with E-state index in [-0.39, 0.29) is 11.8 Å². The lowest BCUT2D eigenvalue weighted by atomic mass is 9.80. The maximum absolute atomic E-state index is 11.3. The molecule has 0 unspecified atom stereocenters. The van der Waals surface area contributed by atoms with Gasteiger partial charge in [0.2, 0.25) is 0 Å². The maximum Gasteiger partial charge on any atom is 0.306 e. The van der Waals surface area contributed by atoms with Crippen LogP contribution in [0.2, 0.25) is 0 Å². The molecular formula is C20H19BrN6O2. The monoisotopic (exact) mass is 454 g/mol. The third kappa shape index (κ3) is 2.96. The largest absolute Gasteiger partial charge is 0.481 e. The SMILES string of the molecule is Nc1c(Br)c(C2CCC(C(=O)O)CC2)nc2c(-c3ccc4[nH]ncc4c3)cnn12. The molecule has 4 aromatic rings. The molecule has 0 atom stereocenters. The summed E-state index contributed by atoms with van der Waals surface area (Å²) in [6.07, 6.45) is 6.43. The van der Waals surface area contributed by atoms with Gasteiger partial charge in [-0.3, -0.25) is 9.89 Å². The Kier molecular flexibility index (Phi) is 4.27. The highest BCUT2D eigenvalue weighted by molar-refractivity contribution is 9.10. The zero-order valence-corrected chi connectivity index (χ0v) is 17.1. The number of fused-ring (bicyclic) bond motifs is 2. The van der Waals surface area contributed by atoms with Crippen LogP contribution in [0.3, 0.4) is 0 Å². The number of nitrogens with two attached hydrogens (primary N) is 1. The first-order valence-electron chi connectivity index (χ1n) is 9.52. The van der Waals surface area contributed by atoms with E-state index in [0.29, 0.717) is 24.3 Å². The van der Waals surface area contributed by atoms with Gasteiger partial charge in [-0.05, 0) is 59.3 Å². The molecule has 0 radical (unpaired) electrons. The molecule has 8 nitrogen and oxygen atoms in total. The van der Waals surface area contributed by atoms with Crippen molar-refractivity contribution in [3.8, 4) is 11.1 Å². The lowest BCUT2D eigenvalue weighted by Gasteiger charge is -2.26. The molecule has 3 heterocycles. The van der Waals surface area contributed by atoms with E-state index in [4.69, 9.17) is 10.7 Å². The van der Waals surface area contributed by atoms with Crippen molar-refractivity contribution in [3.05, 3.63) is 40.8 Å². The van der Waals surface area contributed by atoms with Gasteiger partial charge >= 0.3 is 5.97 Å². The summed E-state index contributed by atoms with van der Waals surface area (Å²) in [7, 11) is 0. The fourth-order valence-corrected chi connectivity index (χ4v) is 4.79. The van der Waals surface area contributed by atoms with Gasteiger partial charge in [-0.25, -0.2) is 4.98 Å². The van der Waals surface area contributed by atoms with Gasteiger partial charge in [-0.1, -0.05) is 6.07 Å². The highest BCUT2D eigenvalue weighted by Crippen LogP contribution is 2.40. The molecule has 5 rings (SSSR count). The number of H-pyrrole nitrogens is 1. The van der Waals surface area contributed by atoms with Gasteiger partial charge in [0.1, 0.15) is 5.82 Å². The number of halogens is 1. The summed E-state index contributed by atoms with van der Waals surface area (Å²) in [5, 5.41) is 21.8. The number of anilines is 1. The molecule has 1 aliphatic rings. The summed E-state index contributed by atoms with van der Waals surface area (Å²) in [4.78, 5) is 16.2. The molecule has 0 aliphatic heterocycles. The molecule has 1 saturated carbocycles. The predicted molar refractivity (Wildman–Crippen MR) is 113 cm³/mol. The molecule has 0 amide bonds. The Hall–Kier alpha value is -2.94. The molecule has 0 bridgehead atoms. The van der Waals surface area contributed by atoms with Crippen molar-refractivity contribution >= 4 is 44.3 Å². The number of carboxylic acids is 1. The number of carboxylic acid groups (broad SMARTS) is 1. The standard InChI is InChI=1S/C20H19BrN6O2/c21-16-17(10-1-3-11(4-2-10)20(28)29)25-19-14(9-24-27(19)18(16)22)12-5-6-15-13(7-12)8-23-26-15/h5-11H,1-4,22H2,(H,23,26)(H,28,29). The van der Waals surface area contributed by atoms with E-state index < -0.39 is 5.97 Å². The van der Waals surface area contributed by atoms with E-state index in [0.717, 1.165) is 45.0 Å². The topological polar surface area (TPSA) is 122 Å². The van der Waals surface area contributed by atoms with E-state index in [1.807, 2.05) is 18.2 Å². The summed E-state index contributed by atoms with van der Waals surface area (Å²) in [5.41, 5.74) is 10.8. The number of carbonyl (C=O) groups is 1. The molecule has 1 fully saturated rings. The van der Waals surface area contributed by atoms with Crippen LogP contribution in [0.1, 0.15) is 37.3 Å².